The molecule has 0 radical (unpaired) electrons. The predicted octanol–water partition coefficient (Wildman–Crippen LogP) is 3.68. The van der Waals surface area contributed by atoms with Crippen LogP contribution in [-0.2, 0) is 11.3 Å². The van der Waals surface area contributed by atoms with Crippen LogP contribution in [0.25, 0.3) is 27.8 Å². The molecule has 1 aliphatic heterocycles. The summed E-state index contributed by atoms with van der Waals surface area (Å²) >= 11 is 0. The number of aromatic nitrogens is 3. The minimum absolute atomic E-state index is 0.00626. The number of aromatic carboxylic acids is 1. The number of anilines is 1. The molecule has 1 aliphatic rings. The van der Waals surface area contributed by atoms with Crippen LogP contribution in [0.3, 0.4) is 0 Å². The summed E-state index contributed by atoms with van der Waals surface area (Å²) in [4.78, 5) is 20.9. The van der Waals surface area contributed by atoms with E-state index in [0.29, 0.717) is 12.2 Å². The van der Waals surface area contributed by atoms with Crippen LogP contribution in [0.15, 0.2) is 60.7 Å². The van der Waals surface area contributed by atoms with Crippen LogP contribution in [0.2, 0.25) is 0 Å². The number of para-hydroxylation sites is 1. The van der Waals surface area contributed by atoms with E-state index in [1.54, 1.807) is 10.7 Å². The van der Waals surface area contributed by atoms with Gasteiger partial charge in [0.25, 0.3) is 0 Å². The number of ether oxygens (including phenoxy) is 1. The number of morpholine rings is 1. The summed E-state index contributed by atoms with van der Waals surface area (Å²) in [5, 5.41) is 15.6. The summed E-state index contributed by atoms with van der Waals surface area (Å²) in [7, 11) is 3.98. The second-order valence-electron chi connectivity index (χ2n) is 8.64. The van der Waals surface area contributed by atoms with Gasteiger partial charge in [-0.3, -0.25) is 0 Å². The molecule has 4 aromatic rings. The van der Waals surface area contributed by atoms with Crippen molar-refractivity contribution in [2.75, 3.05) is 45.3 Å². The third-order valence-electron chi connectivity index (χ3n) is 5.95. The van der Waals surface area contributed by atoms with Gasteiger partial charge in [-0.2, -0.15) is 5.10 Å². The maximum Gasteiger partial charge on any atom is 0.354 e. The van der Waals surface area contributed by atoms with Crippen molar-refractivity contribution in [3.05, 3.63) is 72.1 Å². The van der Waals surface area contributed by atoms with Crippen LogP contribution in [0.5, 0.6) is 0 Å². The fourth-order valence-corrected chi connectivity index (χ4v) is 4.36. The molecule has 3 heterocycles. The average Bonchev–Trinajstić information content (AvgIpc) is 3.22. The first kappa shape index (κ1) is 22.1. The zero-order chi connectivity index (χ0) is 23.7. The number of carboxylic acids is 1. The van der Waals surface area contributed by atoms with E-state index >= 15 is 0 Å². The van der Waals surface area contributed by atoms with Gasteiger partial charge in [0.2, 0.25) is 0 Å². The molecular formula is C26H27N5O3. The molecule has 0 spiro atoms. The lowest BCUT2D eigenvalue weighted by Crippen LogP contribution is -2.36. The van der Waals surface area contributed by atoms with E-state index in [4.69, 9.17) is 9.84 Å². The zero-order valence-corrected chi connectivity index (χ0v) is 19.3. The minimum atomic E-state index is -1.07. The Morgan fingerprint density at radius 3 is 2.38 bits per heavy atom. The average molecular weight is 458 g/mol. The van der Waals surface area contributed by atoms with E-state index in [1.165, 1.54) is 0 Å². The molecule has 8 nitrogen and oxygen atoms in total. The summed E-state index contributed by atoms with van der Waals surface area (Å²) in [6.07, 6.45) is 0. The highest BCUT2D eigenvalue weighted by Crippen LogP contribution is 2.34. The van der Waals surface area contributed by atoms with Gasteiger partial charge in [-0.15, -0.1) is 0 Å². The molecule has 2 aromatic heterocycles. The lowest BCUT2D eigenvalue weighted by molar-refractivity contribution is 0.0691. The Labute approximate surface area is 198 Å². The number of rotatable bonds is 6. The van der Waals surface area contributed by atoms with Crippen LogP contribution in [-0.4, -0.2) is 71.1 Å². The zero-order valence-electron chi connectivity index (χ0n) is 19.3. The molecule has 1 fully saturated rings. The lowest BCUT2D eigenvalue weighted by atomic mass is 10.00. The molecule has 174 valence electrons. The maximum atomic E-state index is 12.0. The quantitative estimate of drug-likeness (QED) is 0.473. The fraction of sp³-hybridized carbons (Fsp3) is 0.269. The van der Waals surface area contributed by atoms with Gasteiger partial charge in [0.15, 0.2) is 11.3 Å². The molecule has 0 aliphatic carbocycles. The van der Waals surface area contributed by atoms with Gasteiger partial charge in [0.05, 0.1) is 30.0 Å². The van der Waals surface area contributed by atoms with Crippen LogP contribution < -0.4 is 4.90 Å². The van der Waals surface area contributed by atoms with Gasteiger partial charge >= 0.3 is 5.97 Å². The van der Waals surface area contributed by atoms with E-state index in [1.807, 2.05) is 61.5 Å². The Hall–Kier alpha value is -3.75. The summed E-state index contributed by atoms with van der Waals surface area (Å²) in [5.74, 6) is -1.07. The highest BCUT2D eigenvalue weighted by molar-refractivity contribution is 6.00. The molecular weight excluding hydrogens is 430 g/mol. The topological polar surface area (TPSA) is 83.7 Å². The van der Waals surface area contributed by atoms with Crippen LogP contribution >= 0.6 is 0 Å². The monoisotopic (exact) mass is 457 g/mol. The largest absolute Gasteiger partial charge is 0.477 e. The van der Waals surface area contributed by atoms with Crippen LogP contribution in [0.1, 0.15) is 16.2 Å². The summed E-state index contributed by atoms with van der Waals surface area (Å²) < 4.78 is 7.21. The molecule has 1 saturated heterocycles. The molecule has 0 amide bonds. The Kier molecular flexibility index (Phi) is 6.00. The number of nitrogens with zero attached hydrogens (tertiary/aromatic N) is 5. The smallest absolute Gasteiger partial charge is 0.354 e. The van der Waals surface area contributed by atoms with Crippen molar-refractivity contribution in [2.24, 2.45) is 0 Å². The van der Waals surface area contributed by atoms with E-state index < -0.39 is 5.97 Å². The molecule has 0 saturated carbocycles. The first-order valence-electron chi connectivity index (χ1n) is 11.3. The van der Waals surface area contributed by atoms with Crippen molar-refractivity contribution in [1.29, 1.82) is 0 Å². The van der Waals surface area contributed by atoms with Crippen LogP contribution in [0.4, 0.5) is 5.69 Å². The summed E-state index contributed by atoms with van der Waals surface area (Å²) in [5.41, 5.74) is 5.09. The fourth-order valence-electron chi connectivity index (χ4n) is 4.36. The standard InChI is InChI=1S/C26H27N5O3/c1-29(2)17-23-24-21(18-8-10-19(11-9-18)30-12-14-34-15-13-30)16-22(26(32)33)27-25(24)31(28-23)20-6-4-3-5-7-20/h3-11,16H,12-15,17H2,1-2H3,(H,32,33). The molecule has 0 unspecified atom stereocenters. The Balaban J connectivity index is 1.70. The first-order valence-corrected chi connectivity index (χ1v) is 11.3. The van der Waals surface area contributed by atoms with E-state index in [2.05, 4.69) is 22.0 Å². The first-order chi connectivity index (χ1) is 16.5. The van der Waals surface area contributed by atoms with Gasteiger partial charge < -0.3 is 19.6 Å². The Morgan fingerprint density at radius 2 is 1.74 bits per heavy atom. The van der Waals surface area contributed by atoms with E-state index in [0.717, 1.165) is 59.9 Å². The summed E-state index contributed by atoms with van der Waals surface area (Å²) in [6, 6.07) is 19.6. The van der Waals surface area contributed by atoms with Crippen molar-refractivity contribution in [1.82, 2.24) is 19.7 Å². The molecule has 0 bridgehead atoms. The third kappa shape index (κ3) is 4.25. The van der Waals surface area contributed by atoms with Gasteiger partial charge in [-0.05, 0) is 55.6 Å². The minimum Gasteiger partial charge on any atom is -0.477 e. The van der Waals surface area contributed by atoms with Crippen molar-refractivity contribution in [3.63, 3.8) is 0 Å². The highest BCUT2D eigenvalue weighted by Gasteiger charge is 2.22. The molecule has 5 rings (SSSR count). The summed E-state index contributed by atoms with van der Waals surface area (Å²) in [6.45, 7) is 3.77. The second kappa shape index (κ2) is 9.24. The Morgan fingerprint density at radius 1 is 1.03 bits per heavy atom. The van der Waals surface area contributed by atoms with Crippen molar-refractivity contribution in [3.8, 4) is 16.8 Å². The number of fused-ring (bicyclic) bond motifs is 1. The van der Waals surface area contributed by atoms with Crippen molar-refractivity contribution < 1.29 is 14.6 Å². The Bertz CT molecular complexity index is 1310. The maximum absolute atomic E-state index is 12.0. The normalized spacial score (nSPS) is 14.1. The molecule has 1 N–H and O–H groups in total. The third-order valence-corrected chi connectivity index (χ3v) is 5.95. The predicted molar refractivity (Wildman–Crippen MR) is 132 cm³/mol. The van der Waals surface area contributed by atoms with Gasteiger partial charge in [0, 0.05) is 25.3 Å². The number of hydrogen-bond acceptors (Lipinski definition) is 6. The van der Waals surface area contributed by atoms with Gasteiger partial charge in [-0.1, -0.05) is 30.3 Å². The number of carboxylic acid groups (broad SMARTS) is 1. The van der Waals surface area contributed by atoms with E-state index in [9.17, 15) is 9.90 Å². The molecule has 0 atom stereocenters. The SMILES string of the molecule is CN(C)Cc1nn(-c2ccccc2)c2nc(C(=O)O)cc(-c3ccc(N4CCOCC4)cc3)c12. The lowest BCUT2D eigenvalue weighted by Gasteiger charge is -2.29. The number of benzene rings is 2. The highest BCUT2D eigenvalue weighted by atomic mass is 16.5. The van der Waals surface area contributed by atoms with Crippen LogP contribution in [0, 0.1) is 0 Å². The number of hydrogen-bond donors (Lipinski definition) is 1. The van der Waals surface area contributed by atoms with Gasteiger partial charge in [0.1, 0.15) is 0 Å². The van der Waals surface area contributed by atoms with Crippen molar-refractivity contribution >= 4 is 22.7 Å². The molecule has 8 heteroatoms. The van der Waals surface area contributed by atoms with Gasteiger partial charge in [-0.25, -0.2) is 14.5 Å². The molecule has 34 heavy (non-hydrogen) atoms. The molecule has 2 aromatic carbocycles. The van der Waals surface area contributed by atoms with Crippen molar-refractivity contribution in [2.45, 2.75) is 6.54 Å². The second-order valence-corrected chi connectivity index (χ2v) is 8.64. The number of carbonyl (C=O) groups is 1. The van der Waals surface area contributed by atoms with E-state index in [-0.39, 0.29) is 5.69 Å². The number of pyridine rings is 1.